The first-order valence-electron chi connectivity index (χ1n) is 7.00. The summed E-state index contributed by atoms with van der Waals surface area (Å²) in [5, 5.41) is 4.35. The molecule has 3 nitrogen and oxygen atoms in total. The summed E-state index contributed by atoms with van der Waals surface area (Å²) in [5.41, 5.74) is 4.30. The zero-order valence-electron chi connectivity index (χ0n) is 12.5. The average molecular weight is 278 g/mol. The fourth-order valence-corrected chi connectivity index (χ4v) is 2.47. The van der Waals surface area contributed by atoms with Crippen LogP contribution < -0.4 is 10.1 Å². The Kier molecular flexibility index (Phi) is 3.48. The molecule has 106 valence electrons. The summed E-state index contributed by atoms with van der Waals surface area (Å²) in [7, 11) is 1.94. The van der Waals surface area contributed by atoms with E-state index in [-0.39, 0.29) is 0 Å². The van der Waals surface area contributed by atoms with Gasteiger partial charge in [-0.3, -0.25) is 4.98 Å². The van der Waals surface area contributed by atoms with Gasteiger partial charge in [-0.2, -0.15) is 0 Å². The van der Waals surface area contributed by atoms with Gasteiger partial charge in [-0.05, 0) is 49.7 Å². The topological polar surface area (TPSA) is 34.2 Å². The Hall–Kier alpha value is -2.55. The number of nitrogens with one attached hydrogen (secondary N) is 1. The number of fused-ring (bicyclic) bond motifs is 1. The molecule has 0 spiro atoms. The Balaban J connectivity index is 2.09. The Labute approximate surface area is 124 Å². The second-order valence-corrected chi connectivity index (χ2v) is 5.04. The highest BCUT2D eigenvalue weighted by Crippen LogP contribution is 2.32. The first-order valence-corrected chi connectivity index (χ1v) is 7.00. The maximum Gasteiger partial charge on any atom is 0.128 e. The minimum absolute atomic E-state index is 0.815. The quantitative estimate of drug-likeness (QED) is 0.755. The summed E-state index contributed by atoms with van der Waals surface area (Å²) < 4.78 is 5.90. The highest BCUT2D eigenvalue weighted by atomic mass is 16.5. The zero-order chi connectivity index (χ0) is 14.8. The van der Waals surface area contributed by atoms with E-state index in [9.17, 15) is 0 Å². The minimum Gasteiger partial charge on any atom is -0.457 e. The van der Waals surface area contributed by atoms with Gasteiger partial charge in [0.1, 0.15) is 11.5 Å². The number of hydrogen-bond donors (Lipinski definition) is 1. The maximum atomic E-state index is 5.90. The van der Waals surface area contributed by atoms with Crippen LogP contribution >= 0.6 is 0 Å². The number of aryl methyl sites for hydroxylation is 1. The van der Waals surface area contributed by atoms with E-state index in [1.807, 2.05) is 62.5 Å². The van der Waals surface area contributed by atoms with Crippen molar-refractivity contribution in [2.24, 2.45) is 0 Å². The predicted octanol–water partition coefficient (Wildman–Crippen LogP) is 4.69. The summed E-state index contributed by atoms with van der Waals surface area (Å²) in [4.78, 5) is 4.64. The fraction of sp³-hybridized carbons (Fsp3) is 0.167. The molecule has 3 rings (SSSR count). The number of rotatable bonds is 3. The Morgan fingerprint density at radius 1 is 0.952 bits per heavy atom. The molecular weight excluding hydrogens is 260 g/mol. The van der Waals surface area contributed by atoms with Gasteiger partial charge in [0, 0.05) is 23.8 Å². The molecule has 0 unspecified atom stereocenters. The van der Waals surface area contributed by atoms with Crippen molar-refractivity contribution in [2.45, 2.75) is 13.8 Å². The number of aromatic nitrogens is 1. The van der Waals surface area contributed by atoms with Crippen LogP contribution in [-0.4, -0.2) is 12.0 Å². The molecule has 0 amide bonds. The summed E-state index contributed by atoms with van der Waals surface area (Å²) in [5.74, 6) is 1.65. The Morgan fingerprint density at radius 2 is 1.71 bits per heavy atom. The van der Waals surface area contributed by atoms with Crippen molar-refractivity contribution >= 4 is 16.6 Å². The third-order valence-corrected chi connectivity index (χ3v) is 3.67. The molecule has 0 fully saturated rings. The largest absolute Gasteiger partial charge is 0.457 e. The van der Waals surface area contributed by atoms with Crippen LogP contribution in [0.1, 0.15) is 11.3 Å². The van der Waals surface area contributed by atoms with Gasteiger partial charge in [0.15, 0.2) is 0 Å². The Morgan fingerprint density at radius 3 is 2.43 bits per heavy atom. The molecule has 0 atom stereocenters. The first kappa shape index (κ1) is 13.4. The lowest BCUT2D eigenvalue weighted by Crippen LogP contribution is -1.98. The number of benzene rings is 2. The van der Waals surface area contributed by atoms with E-state index in [0.29, 0.717) is 0 Å². The number of ether oxygens (including phenoxy) is 1. The van der Waals surface area contributed by atoms with Gasteiger partial charge in [-0.25, -0.2) is 0 Å². The predicted molar refractivity (Wildman–Crippen MR) is 87.3 cm³/mol. The van der Waals surface area contributed by atoms with Gasteiger partial charge in [0.2, 0.25) is 0 Å². The molecule has 0 bridgehead atoms. The fourth-order valence-electron chi connectivity index (χ4n) is 2.47. The van der Waals surface area contributed by atoms with Crippen molar-refractivity contribution in [2.75, 3.05) is 12.4 Å². The van der Waals surface area contributed by atoms with E-state index in [0.717, 1.165) is 33.8 Å². The van der Waals surface area contributed by atoms with Crippen LogP contribution in [0.5, 0.6) is 11.5 Å². The second-order valence-electron chi connectivity index (χ2n) is 5.04. The van der Waals surface area contributed by atoms with E-state index >= 15 is 0 Å². The lowest BCUT2D eigenvalue weighted by molar-refractivity contribution is 0.483. The van der Waals surface area contributed by atoms with Crippen molar-refractivity contribution < 1.29 is 4.74 Å². The SMILES string of the molecule is CNc1c(C)c(C)nc2ccc(Oc3ccccc3)cc12. The van der Waals surface area contributed by atoms with Crippen molar-refractivity contribution in [3.63, 3.8) is 0 Å². The molecule has 3 heteroatoms. The molecule has 0 radical (unpaired) electrons. The van der Waals surface area contributed by atoms with Crippen LogP contribution in [0.15, 0.2) is 48.5 Å². The number of para-hydroxylation sites is 1. The molecular formula is C18H18N2O. The third kappa shape index (κ3) is 2.55. The van der Waals surface area contributed by atoms with E-state index < -0.39 is 0 Å². The van der Waals surface area contributed by atoms with Gasteiger partial charge in [0.25, 0.3) is 0 Å². The molecule has 2 aromatic carbocycles. The van der Waals surface area contributed by atoms with Gasteiger partial charge in [-0.1, -0.05) is 18.2 Å². The average Bonchev–Trinajstić information content (AvgIpc) is 2.50. The van der Waals surface area contributed by atoms with Crippen molar-refractivity contribution in [1.29, 1.82) is 0 Å². The van der Waals surface area contributed by atoms with Gasteiger partial charge < -0.3 is 10.1 Å². The third-order valence-electron chi connectivity index (χ3n) is 3.67. The standard InChI is InChI=1S/C18H18N2O/c1-12-13(2)20-17-10-9-15(11-16(17)18(12)19-3)21-14-7-5-4-6-8-14/h4-11H,1-3H3,(H,19,20). The lowest BCUT2D eigenvalue weighted by atomic mass is 10.1. The molecule has 1 N–H and O–H groups in total. The van der Waals surface area contributed by atoms with Crippen LogP contribution in [0.25, 0.3) is 10.9 Å². The minimum atomic E-state index is 0.815. The van der Waals surface area contributed by atoms with Crippen molar-refractivity contribution in [1.82, 2.24) is 4.98 Å². The summed E-state index contributed by atoms with van der Waals surface area (Å²) in [6.45, 7) is 4.11. The normalized spacial score (nSPS) is 10.6. The lowest BCUT2D eigenvalue weighted by Gasteiger charge is -2.13. The monoisotopic (exact) mass is 278 g/mol. The smallest absolute Gasteiger partial charge is 0.128 e. The molecule has 3 aromatic rings. The van der Waals surface area contributed by atoms with E-state index in [1.54, 1.807) is 0 Å². The number of hydrogen-bond acceptors (Lipinski definition) is 3. The van der Waals surface area contributed by atoms with Gasteiger partial charge in [0.05, 0.1) is 5.52 Å². The molecule has 21 heavy (non-hydrogen) atoms. The highest BCUT2D eigenvalue weighted by Gasteiger charge is 2.09. The van der Waals surface area contributed by atoms with Gasteiger partial charge in [-0.15, -0.1) is 0 Å². The van der Waals surface area contributed by atoms with E-state index in [1.165, 1.54) is 5.56 Å². The molecule has 1 heterocycles. The van der Waals surface area contributed by atoms with Crippen LogP contribution in [0.4, 0.5) is 5.69 Å². The number of anilines is 1. The summed E-state index contributed by atoms with van der Waals surface area (Å²) in [6.07, 6.45) is 0. The second kappa shape index (κ2) is 5.44. The molecule has 0 aliphatic heterocycles. The van der Waals surface area contributed by atoms with Gasteiger partial charge >= 0.3 is 0 Å². The highest BCUT2D eigenvalue weighted by molar-refractivity contribution is 5.94. The van der Waals surface area contributed by atoms with Crippen molar-refractivity contribution in [3.05, 3.63) is 59.8 Å². The number of nitrogens with zero attached hydrogens (tertiary/aromatic N) is 1. The zero-order valence-corrected chi connectivity index (χ0v) is 12.5. The molecule has 0 saturated carbocycles. The molecule has 1 aromatic heterocycles. The van der Waals surface area contributed by atoms with Crippen LogP contribution in [0.3, 0.4) is 0 Å². The van der Waals surface area contributed by atoms with Crippen molar-refractivity contribution in [3.8, 4) is 11.5 Å². The van der Waals surface area contributed by atoms with E-state index in [4.69, 9.17) is 4.74 Å². The molecule has 0 saturated heterocycles. The molecule has 0 aliphatic rings. The van der Waals surface area contributed by atoms with E-state index in [2.05, 4.69) is 17.2 Å². The van der Waals surface area contributed by atoms with Crippen LogP contribution in [0.2, 0.25) is 0 Å². The molecule has 0 aliphatic carbocycles. The maximum absolute atomic E-state index is 5.90. The van der Waals surface area contributed by atoms with Crippen LogP contribution in [0, 0.1) is 13.8 Å². The number of pyridine rings is 1. The summed E-state index contributed by atoms with van der Waals surface area (Å²) >= 11 is 0. The first-order chi connectivity index (χ1) is 10.2. The Bertz CT molecular complexity index is 782. The van der Waals surface area contributed by atoms with Crippen LogP contribution in [-0.2, 0) is 0 Å². The summed E-state index contributed by atoms with van der Waals surface area (Å²) in [6, 6.07) is 15.8.